The van der Waals surface area contributed by atoms with Crippen molar-refractivity contribution < 1.29 is 9.53 Å². The third-order valence-electron chi connectivity index (χ3n) is 3.79. The van der Waals surface area contributed by atoms with Crippen molar-refractivity contribution >= 4 is 41.0 Å². The maximum absolute atomic E-state index is 12.5. The predicted molar refractivity (Wildman–Crippen MR) is 107 cm³/mol. The van der Waals surface area contributed by atoms with E-state index in [-0.39, 0.29) is 0 Å². The molecule has 3 aromatic rings. The van der Waals surface area contributed by atoms with Crippen LogP contribution in [0, 0.1) is 6.92 Å². The van der Waals surface area contributed by atoms with Crippen molar-refractivity contribution in [1.82, 2.24) is 0 Å². The number of hydrogen-bond donors (Lipinski definition) is 0. The first-order chi connectivity index (χ1) is 12.5. The molecule has 26 heavy (non-hydrogen) atoms. The molecule has 0 radical (unpaired) electrons. The number of aryl methyl sites for hydroxylation is 1. The van der Waals surface area contributed by atoms with Crippen LogP contribution in [0.5, 0.6) is 0 Å². The Kier molecular flexibility index (Phi) is 5.77. The maximum Gasteiger partial charge on any atom is 0.343 e. The Labute approximate surface area is 162 Å². The fourth-order valence-corrected chi connectivity index (χ4v) is 2.60. The molecule has 0 aromatic heterocycles. The number of hydrogen-bond acceptors (Lipinski definition) is 2. The third-order valence-corrected chi connectivity index (χ3v) is 4.29. The molecule has 0 saturated carbocycles. The van der Waals surface area contributed by atoms with Gasteiger partial charge in [0.2, 0.25) is 0 Å². The molecule has 0 heterocycles. The van der Waals surface area contributed by atoms with Crippen LogP contribution >= 0.6 is 23.2 Å². The minimum atomic E-state index is -0.449. The second kappa shape index (κ2) is 8.22. The molecule has 0 fully saturated rings. The number of rotatable bonds is 4. The van der Waals surface area contributed by atoms with Crippen molar-refractivity contribution in [2.45, 2.75) is 6.92 Å². The zero-order valence-electron chi connectivity index (χ0n) is 14.1. The number of benzene rings is 3. The summed E-state index contributed by atoms with van der Waals surface area (Å²) in [4.78, 5) is 12.5. The summed E-state index contributed by atoms with van der Waals surface area (Å²) in [6.45, 7) is 2.02. The summed E-state index contributed by atoms with van der Waals surface area (Å²) in [7, 11) is 0. The molecule has 130 valence electrons. The number of halogens is 2. The van der Waals surface area contributed by atoms with Crippen molar-refractivity contribution in [3.05, 3.63) is 105 Å². The molecule has 0 saturated heterocycles. The quantitative estimate of drug-likeness (QED) is 0.286. The smallest absolute Gasteiger partial charge is 0.343 e. The van der Waals surface area contributed by atoms with Gasteiger partial charge in [-0.1, -0.05) is 53.0 Å². The standard InChI is InChI=1S/C22H16Cl2O2/c1-15-2-4-16(5-3-15)14-21(17-6-10-19(23)11-7-17)26-22(25)18-8-12-20(24)13-9-18/h2-14H,1H3. The highest BCUT2D eigenvalue weighted by atomic mass is 35.5. The lowest BCUT2D eigenvalue weighted by molar-refractivity contribution is 0.0693. The zero-order valence-corrected chi connectivity index (χ0v) is 15.6. The van der Waals surface area contributed by atoms with Crippen molar-refractivity contribution in [2.75, 3.05) is 0 Å². The Morgan fingerprint density at radius 1 is 0.769 bits per heavy atom. The fraction of sp³-hybridized carbons (Fsp3) is 0.0455. The van der Waals surface area contributed by atoms with Gasteiger partial charge in [-0.15, -0.1) is 0 Å². The molecule has 0 unspecified atom stereocenters. The summed E-state index contributed by atoms with van der Waals surface area (Å²) in [5.74, 6) is 0.000415. The lowest BCUT2D eigenvalue weighted by Crippen LogP contribution is -2.04. The van der Waals surface area contributed by atoms with Crippen molar-refractivity contribution in [3.63, 3.8) is 0 Å². The monoisotopic (exact) mass is 382 g/mol. The molecule has 0 aliphatic carbocycles. The minimum absolute atomic E-state index is 0.429. The number of ether oxygens (including phenoxy) is 1. The van der Waals surface area contributed by atoms with E-state index in [1.807, 2.05) is 49.4 Å². The highest BCUT2D eigenvalue weighted by molar-refractivity contribution is 6.31. The zero-order chi connectivity index (χ0) is 18.5. The molecule has 3 aromatic carbocycles. The first-order valence-corrected chi connectivity index (χ1v) is 8.79. The Bertz CT molecular complexity index is 925. The van der Waals surface area contributed by atoms with Gasteiger partial charge in [-0.3, -0.25) is 0 Å². The van der Waals surface area contributed by atoms with Crippen molar-refractivity contribution in [3.8, 4) is 0 Å². The fourth-order valence-electron chi connectivity index (χ4n) is 2.34. The SMILES string of the molecule is Cc1ccc(C=C(OC(=O)c2ccc(Cl)cc2)c2ccc(Cl)cc2)cc1. The van der Waals surface area contributed by atoms with E-state index in [4.69, 9.17) is 27.9 Å². The Morgan fingerprint density at radius 2 is 1.27 bits per heavy atom. The average Bonchev–Trinajstić information content (AvgIpc) is 2.64. The van der Waals surface area contributed by atoms with E-state index in [1.54, 1.807) is 36.4 Å². The number of esters is 1. The van der Waals surface area contributed by atoms with Gasteiger partial charge in [0, 0.05) is 15.6 Å². The van der Waals surface area contributed by atoms with E-state index >= 15 is 0 Å². The Hall–Kier alpha value is -2.55. The molecule has 3 rings (SSSR count). The molecule has 0 aliphatic heterocycles. The van der Waals surface area contributed by atoms with Gasteiger partial charge < -0.3 is 4.74 Å². The molecular weight excluding hydrogens is 367 g/mol. The summed E-state index contributed by atoms with van der Waals surface area (Å²) in [5, 5.41) is 1.18. The second-order valence-electron chi connectivity index (χ2n) is 5.82. The summed E-state index contributed by atoms with van der Waals surface area (Å²) < 4.78 is 5.67. The van der Waals surface area contributed by atoms with Gasteiger partial charge in [0.15, 0.2) is 0 Å². The van der Waals surface area contributed by atoms with E-state index in [0.717, 1.165) is 16.7 Å². The molecule has 0 aliphatic rings. The van der Waals surface area contributed by atoms with Gasteiger partial charge in [0.05, 0.1) is 5.56 Å². The first kappa shape index (κ1) is 18.2. The lowest BCUT2D eigenvalue weighted by atomic mass is 10.1. The first-order valence-electron chi connectivity index (χ1n) is 8.03. The highest BCUT2D eigenvalue weighted by Gasteiger charge is 2.12. The third kappa shape index (κ3) is 4.75. The summed E-state index contributed by atoms with van der Waals surface area (Å²) in [6.07, 6.45) is 1.83. The highest BCUT2D eigenvalue weighted by Crippen LogP contribution is 2.23. The number of carbonyl (C=O) groups is 1. The maximum atomic E-state index is 12.5. The van der Waals surface area contributed by atoms with Gasteiger partial charge in [-0.25, -0.2) is 4.79 Å². The molecule has 0 atom stereocenters. The molecule has 0 bridgehead atoms. The summed E-state index contributed by atoms with van der Waals surface area (Å²) >= 11 is 11.8. The van der Waals surface area contributed by atoms with Gasteiger partial charge >= 0.3 is 5.97 Å². The van der Waals surface area contributed by atoms with Crippen molar-refractivity contribution in [2.24, 2.45) is 0 Å². The average molecular weight is 383 g/mol. The molecule has 0 spiro atoms. The van der Waals surface area contributed by atoms with Gasteiger partial charge in [0.1, 0.15) is 5.76 Å². The molecule has 4 heteroatoms. The molecule has 0 N–H and O–H groups in total. The van der Waals surface area contributed by atoms with Gasteiger partial charge in [-0.2, -0.15) is 0 Å². The largest absolute Gasteiger partial charge is 0.422 e. The van der Waals surface area contributed by atoms with Crippen LogP contribution in [-0.2, 0) is 4.74 Å². The van der Waals surface area contributed by atoms with Crippen LogP contribution in [0.3, 0.4) is 0 Å². The van der Waals surface area contributed by atoms with Gasteiger partial charge in [0.25, 0.3) is 0 Å². The van der Waals surface area contributed by atoms with Crippen LogP contribution in [0.25, 0.3) is 11.8 Å². The Balaban J connectivity index is 1.94. The molecule has 2 nitrogen and oxygen atoms in total. The predicted octanol–water partition coefficient (Wildman–Crippen LogP) is 6.66. The van der Waals surface area contributed by atoms with E-state index in [2.05, 4.69) is 0 Å². The molecular formula is C22H16Cl2O2. The van der Waals surface area contributed by atoms with E-state index in [1.165, 1.54) is 0 Å². The topological polar surface area (TPSA) is 26.3 Å². The Morgan fingerprint density at radius 3 is 1.81 bits per heavy atom. The van der Waals surface area contributed by atoms with Crippen LogP contribution in [0.1, 0.15) is 27.0 Å². The van der Waals surface area contributed by atoms with Crippen LogP contribution in [0.15, 0.2) is 72.8 Å². The van der Waals surface area contributed by atoms with Crippen LogP contribution < -0.4 is 0 Å². The molecule has 0 amide bonds. The lowest BCUT2D eigenvalue weighted by Gasteiger charge is -2.10. The van der Waals surface area contributed by atoms with Crippen molar-refractivity contribution in [1.29, 1.82) is 0 Å². The van der Waals surface area contributed by atoms with Crippen LogP contribution in [-0.4, -0.2) is 5.97 Å². The van der Waals surface area contributed by atoms with E-state index in [9.17, 15) is 4.79 Å². The van der Waals surface area contributed by atoms with Crippen LogP contribution in [0.2, 0.25) is 10.0 Å². The second-order valence-corrected chi connectivity index (χ2v) is 6.70. The normalized spacial score (nSPS) is 11.3. The van der Waals surface area contributed by atoms with E-state index in [0.29, 0.717) is 21.4 Å². The van der Waals surface area contributed by atoms with Crippen LogP contribution in [0.4, 0.5) is 0 Å². The van der Waals surface area contributed by atoms with Gasteiger partial charge in [-0.05, 0) is 67.1 Å². The number of carbonyl (C=O) groups excluding carboxylic acids is 1. The summed E-state index contributed by atoms with van der Waals surface area (Å²) in [5.41, 5.74) is 3.29. The minimum Gasteiger partial charge on any atom is -0.422 e. The van der Waals surface area contributed by atoms with E-state index < -0.39 is 5.97 Å². The summed E-state index contributed by atoms with van der Waals surface area (Å²) in [6, 6.07) is 21.7.